The topological polar surface area (TPSA) is 73.8 Å². The summed E-state index contributed by atoms with van der Waals surface area (Å²) in [7, 11) is 0. The Labute approximate surface area is 83.3 Å². The van der Waals surface area contributed by atoms with Crippen LogP contribution in [0.2, 0.25) is 0 Å². The van der Waals surface area contributed by atoms with Gasteiger partial charge in [-0.15, -0.1) is 5.10 Å². The number of carbonyl (C=O) groups excluding carboxylic acids is 1. The molecule has 0 bridgehead atoms. The third-order valence-corrected chi connectivity index (χ3v) is 1.95. The van der Waals surface area contributed by atoms with Gasteiger partial charge in [0.2, 0.25) is 0 Å². The predicted octanol–water partition coefficient (Wildman–Crippen LogP) is 0.610. The second kappa shape index (κ2) is 5.49. The van der Waals surface area contributed by atoms with E-state index >= 15 is 0 Å². The molecule has 2 N–H and O–H groups in total. The summed E-state index contributed by atoms with van der Waals surface area (Å²) in [6.45, 7) is 3.32. The minimum atomic E-state index is 0.0777. The maximum atomic E-state index is 11.6. The van der Waals surface area contributed by atoms with Crippen molar-refractivity contribution in [1.82, 2.24) is 15.0 Å². The van der Waals surface area contributed by atoms with Crippen LogP contribution in [0.3, 0.4) is 0 Å². The van der Waals surface area contributed by atoms with Crippen LogP contribution in [0.15, 0.2) is 6.20 Å². The monoisotopic (exact) mass is 196 g/mol. The molecule has 5 nitrogen and oxygen atoms in total. The molecule has 1 aromatic heterocycles. The van der Waals surface area contributed by atoms with E-state index in [2.05, 4.69) is 10.3 Å². The van der Waals surface area contributed by atoms with Gasteiger partial charge in [0.1, 0.15) is 5.69 Å². The lowest BCUT2D eigenvalue weighted by Crippen LogP contribution is -2.12. The van der Waals surface area contributed by atoms with Crippen molar-refractivity contribution in [2.45, 2.75) is 32.7 Å². The number of aryl methyl sites for hydroxylation is 1. The fourth-order valence-electron chi connectivity index (χ4n) is 1.24. The minimum absolute atomic E-state index is 0.0777. The fraction of sp³-hybridized carbons (Fsp3) is 0.667. The summed E-state index contributed by atoms with van der Waals surface area (Å²) in [6, 6.07) is 0. The Morgan fingerprint density at radius 3 is 3.07 bits per heavy atom. The normalized spacial score (nSPS) is 10.4. The van der Waals surface area contributed by atoms with E-state index in [9.17, 15) is 4.79 Å². The van der Waals surface area contributed by atoms with E-state index in [1.165, 1.54) is 6.20 Å². The molecule has 0 amide bonds. The number of hydrogen-bond acceptors (Lipinski definition) is 4. The van der Waals surface area contributed by atoms with E-state index in [1.807, 2.05) is 6.92 Å². The second-order valence-electron chi connectivity index (χ2n) is 3.16. The fourth-order valence-corrected chi connectivity index (χ4v) is 1.24. The molecule has 1 aromatic rings. The van der Waals surface area contributed by atoms with E-state index in [4.69, 9.17) is 5.73 Å². The lowest BCUT2D eigenvalue weighted by molar-refractivity contribution is 0.0970. The van der Waals surface area contributed by atoms with Gasteiger partial charge in [-0.25, -0.2) is 4.68 Å². The summed E-state index contributed by atoms with van der Waals surface area (Å²) in [5.74, 6) is 0.0777. The van der Waals surface area contributed by atoms with Gasteiger partial charge >= 0.3 is 0 Å². The SMILES string of the molecule is CCCn1nncc1C(=O)CCCN. The minimum Gasteiger partial charge on any atom is -0.330 e. The van der Waals surface area contributed by atoms with Gasteiger partial charge in [0.05, 0.1) is 6.20 Å². The molecule has 0 aliphatic carbocycles. The van der Waals surface area contributed by atoms with Crippen molar-refractivity contribution in [1.29, 1.82) is 0 Å². The Balaban J connectivity index is 2.63. The number of carbonyl (C=O) groups is 1. The zero-order valence-electron chi connectivity index (χ0n) is 8.44. The molecule has 1 rings (SSSR count). The number of Topliss-reactive ketones (excluding diaryl/α,β-unsaturated/α-hetero) is 1. The number of aromatic nitrogens is 3. The molecule has 0 atom stereocenters. The highest BCUT2D eigenvalue weighted by Gasteiger charge is 2.11. The maximum absolute atomic E-state index is 11.6. The van der Waals surface area contributed by atoms with Crippen molar-refractivity contribution in [2.75, 3.05) is 6.54 Å². The van der Waals surface area contributed by atoms with Crippen LogP contribution in [0.5, 0.6) is 0 Å². The van der Waals surface area contributed by atoms with E-state index in [0.717, 1.165) is 19.4 Å². The van der Waals surface area contributed by atoms with Gasteiger partial charge in [-0.3, -0.25) is 4.79 Å². The molecule has 0 aromatic carbocycles. The number of nitrogens with zero attached hydrogens (tertiary/aromatic N) is 3. The molecule has 0 saturated heterocycles. The third-order valence-electron chi connectivity index (χ3n) is 1.95. The first-order chi connectivity index (χ1) is 6.79. The van der Waals surface area contributed by atoms with Crippen molar-refractivity contribution in [3.8, 4) is 0 Å². The second-order valence-corrected chi connectivity index (χ2v) is 3.16. The van der Waals surface area contributed by atoms with Crippen LogP contribution in [0.1, 0.15) is 36.7 Å². The van der Waals surface area contributed by atoms with Crippen LogP contribution < -0.4 is 5.73 Å². The molecule has 0 spiro atoms. The lowest BCUT2D eigenvalue weighted by Gasteiger charge is -2.02. The van der Waals surface area contributed by atoms with Crippen molar-refractivity contribution in [3.63, 3.8) is 0 Å². The van der Waals surface area contributed by atoms with Gasteiger partial charge in [-0.05, 0) is 19.4 Å². The average molecular weight is 196 g/mol. The quantitative estimate of drug-likeness (QED) is 0.676. The Hall–Kier alpha value is -1.23. The number of rotatable bonds is 6. The Bertz CT molecular complexity index is 295. The van der Waals surface area contributed by atoms with E-state index < -0.39 is 0 Å². The number of hydrogen-bond donors (Lipinski definition) is 1. The summed E-state index contributed by atoms with van der Waals surface area (Å²) in [5.41, 5.74) is 5.93. The highest BCUT2D eigenvalue weighted by atomic mass is 16.1. The zero-order valence-corrected chi connectivity index (χ0v) is 8.44. The largest absolute Gasteiger partial charge is 0.330 e. The predicted molar refractivity (Wildman–Crippen MR) is 52.9 cm³/mol. The molecule has 5 heteroatoms. The van der Waals surface area contributed by atoms with Crippen LogP contribution in [0.4, 0.5) is 0 Å². The van der Waals surface area contributed by atoms with Gasteiger partial charge in [-0.1, -0.05) is 12.1 Å². The Kier molecular flexibility index (Phi) is 4.25. The molecule has 0 radical (unpaired) electrons. The molecule has 0 aliphatic rings. The molecular weight excluding hydrogens is 180 g/mol. The van der Waals surface area contributed by atoms with Gasteiger partial charge in [0.25, 0.3) is 0 Å². The molecule has 0 saturated carbocycles. The molecule has 14 heavy (non-hydrogen) atoms. The summed E-state index contributed by atoms with van der Waals surface area (Å²) in [4.78, 5) is 11.6. The van der Waals surface area contributed by atoms with Crippen LogP contribution in [-0.4, -0.2) is 27.3 Å². The number of ketones is 1. The molecule has 0 fully saturated rings. The Morgan fingerprint density at radius 2 is 2.43 bits per heavy atom. The first kappa shape index (κ1) is 10.8. The summed E-state index contributed by atoms with van der Waals surface area (Å²) in [6.07, 6.45) is 3.67. The van der Waals surface area contributed by atoms with Crippen molar-refractivity contribution in [2.24, 2.45) is 5.73 Å². The molecule has 0 unspecified atom stereocenters. The van der Waals surface area contributed by atoms with Gasteiger partial charge in [-0.2, -0.15) is 0 Å². The van der Waals surface area contributed by atoms with Crippen LogP contribution in [0.25, 0.3) is 0 Å². The highest BCUT2D eigenvalue weighted by molar-refractivity contribution is 5.94. The smallest absolute Gasteiger partial charge is 0.182 e. The summed E-state index contributed by atoms with van der Waals surface area (Å²) < 4.78 is 1.65. The average Bonchev–Trinajstić information content (AvgIpc) is 2.63. The summed E-state index contributed by atoms with van der Waals surface area (Å²) >= 11 is 0. The van der Waals surface area contributed by atoms with Gasteiger partial charge in [0, 0.05) is 13.0 Å². The highest BCUT2D eigenvalue weighted by Crippen LogP contribution is 2.03. The number of nitrogens with two attached hydrogens (primary N) is 1. The van der Waals surface area contributed by atoms with Crippen LogP contribution in [-0.2, 0) is 6.54 Å². The lowest BCUT2D eigenvalue weighted by atomic mass is 10.2. The third kappa shape index (κ3) is 2.63. The van der Waals surface area contributed by atoms with Crippen molar-refractivity contribution < 1.29 is 4.79 Å². The van der Waals surface area contributed by atoms with Crippen LogP contribution in [0, 0.1) is 0 Å². The first-order valence-electron chi connectivity index (χ1n) is 4.91. The Morgan fingerprint density at radius 1 is 1.64 bits per heavy atom. The standard InChI is InChI=1S/C9H16N4O/c1-2-6-13-8(7-11-12-13)9(14)4-3-5-10/h7H,2-6,10H2,1H3. The van der Waals surface area contributed by atoms with Gasteiger partial charge < -0.3 is 5.73 Å². The first-order valence-corrected chi connectivity index (χ1v) is 4.91. The van der Waals surface area contributed by atoms with Crippen molar-refractivity contribution in [3.05, 3.63) is 11.9 Å². The maximum Gasteiger partial charge on any atom is 0.182 e. The van der Waals surface area contributed by atoms with Gasteiger partial charge in [0.15, 0.2) is 5.78 Å². The molecule has 0 aliphatic heterocycles. The zero-order chi connectivity index (χ0) is 10.4. The van der Waals surface area contributed by atoms with E-state index in [1.54, 1.807) is 4.68 Å². The van der Waals surface area contributed by atoms with E-state index in [-0.39, 0.29) is 5.78 Å². The van der Waals surface area contributed by atoms with Crippen molar-refractivity contribution >= 4 is 5.78 Å². The molecular formula is C9H16N4O. The molecule has 78 valence electrons. The van der Waals surface area contributed by atoms with Crippen LogP contribution >= 0.6 is 0 Å². The van der Waals surface area contributed by atoms with E-state index in [0.29, 0.717) is 18.7 Å². The molecule has 1 heterocycles. The summed E-state index contributed by atoms with van der Waals surface area (Å²) in [5, 5.41) is 7.58.